The molecule has 0 saturated carbocycles. The fraction of sp³-hybridized carbons (Fsp3) is 0.364. The molecule has 0 fully saturated rings. The second-order valence-corrected chi connectivity index (χ2v) is 4.69. The Labute approximate surface area is 114 Å². The van der Waals surface area contributed by atoms with Crippen LogP contribution in [0.15, 0.2) is 18.2 Å². The third kappa shape index (κ3) is 4.34. The van der Waals surface area contributed by atoms with Gasteiger partial charge in [-0.1, -0.05) is 23.8 Å². The molecule has 0 unspecified atom stereocenters. The summed E-state index contributed by atoms with van der Waals surface area (Å²) < 4.78 is 36.5. The van der Waals surface area contributed by atoms with Gasteiger partial charge in [0.25, 0.3) is 0 Å². The van der Waals surface area contributed by atoms with Gasteiger partial charge in [-0.3, -0.25) is 0 Å². The number of benzene rings is 1. The Bertz CT molecular complexity index is 448. The number of nitrogens with two attached hydrogens (primary N) is 1. The average molecular weight is 297 g/mol. The van der Waals surface area contributed by atoms with E-state index in [1.165, 1.54) is 4.90 Å². The molecule has 0 spiro atoms. The van der Waals surface area contributed by atoms with Gasteiger partial charge in [0.05, 0.1) is 6.42 Å². The first-order chi connectivity index (χ1) is 8.20. The zero-order chi connectivity index (χ0) is 13.9. The van der Waals surface area contributed by atoms with Gasteiger partial charge in [0.15, 0.2) is 0 Å². The van der Waals surface area contributed by atoms with E-state index in [9.17, 15) is 13.2 Å². The lowest BCUT2D eigenvalue weighted by Gasteiger charge is -2.23. The van der Waals surface area contributed by atoms with Crippen molar-refractivity contribution in [3.8, 4) is 0 Å². The van der Waals surface area contributed by atoms with Gasteiger partial charge >= 0.3 is 6.18 Å². The highest BCUT2D eigenvalue weighted by Gasteiger charge is 2.27. The van der Waals surface area contributed by atoms with Crippen LogP contribution >= 0.6 is 23.8 Å². The maximum atomic E-state index is 12.2. The zero-order valence-corrected chi connectivity index (χ0v) is 11.2. The average Bonchev–Trinajstić information content (AvgIpc) is 2.24. The maximum Gasteiger partial charge on any atom is 0.390 e. The molecule has 2 nitrogen and oxygen atoms in total. The minimum Gasteiger partial charge on any atom is -0.389 e. The lowest BCUT2D eigenvalue weighted by atomic mass is 10.1. The molecule has 0 aliphatic carbocycles. The van der Waals surface area contributed by atoms with Crippen molar-refractivity contribution in [2.45, 2.75) is 12.6 Å². The Hall–Kier alpha value is -1.01. The van der Waals surface area contributed by atoms with Crippen molar-refractivity contribution in [2.75, 3.05) is 18.5 Å². The minimum absolute atomic E-state index is 0.125. The maximum absolute atomic E-state index is 12.2. The van der Waals surface area contributed by atoms with Crippen LogP contribution in [0, 0.1) is 0 Å². The number of alkyl halides is 3. The molecule has 1 aromatic rings. The molecule has 18 heavy (non-hydrogen) atoms. The van der Waals surface area contributed by atoms with Crippen LogP contribution in [-0.2, 0) is 0 Å². The highest BCUT2D eigenvalue weighted by Crippen LogP contribution is 2.26. The van der Waals surface area contributed by atoms with Crippen LogP contribution in [0.25, 0.3) is 0 Å². The van der Waals surface area contributed by atoms with Gasteiger partial charge < -0.3 is 10.6 Å². The van der Waals surface area contributed by atoms with Crippen molar-refractivity contribution in [2.24, 2.45) is 5.73 Å². The van der Waals surface area contributed by atoms with Crippen LogP contribution < -0.4 is 10.6 Å². The van der Waals surface area contributed by atoms with Gasteiger partial charge in [0.2, 0.25) is 0 Å². The summed E-state index contributed by atoms with van der Waals surface area (Å²) in [6, 6.07) is 4.74. The van der Waals surface area contributed by atoms with Gasteiger partial charge in [0.1, 0.15) is 4.99 Å². The molecule has 7 heteroatoms. The summed E-state index contributed by atoms with van der Waals surface area (Å²) in [5.41, 5.74) is 6.54. The molecule has 0 saturated heterocycles. The molecule has 0 radical (unpaired) electrons. The minimum atomic E-state index is -4.20. The number of halogens is 4. The lowest BCUT2D eigenvalue weighted by Crippen LogP contribution is -2.26. The molecule has 0 amide bonds. The molecular weight excluding hydrogens is 285 g/mol. The fourth-order valence-electron chi connectivity index (χ4n) is 1.44. The molecule has 1 rings (SSSR count). The largest absolute Gasteiger partial charge is 0.390 e. The summed E-state index contributed by atoms with van der Waals surface area (Å²) in [4.78, 5) is 1.56. The van der Waals surface area contributed by atoms with Crippen molar-refractivity contribution in [3.63, 3.8) is 0 Å². The molecule has 0 aliphatic rings. The predicted octanol–water partition coefficient (Wildman–Crippen LogP) is 3.36. The van der Waals surface area contributed by atoms with Crippen LogP contribution in [-0.4, -0.2) is 24.8 Å². The number of hydrogen-bond donors (Lipinski definition) is 1. The zero-order valence-electron chi connectivity index (χ0n) is 9.59. The van der Waals surface area contributed by atoms with Crippen LogP contribution in [0.5, 0.6) is 0 Å². The fourth-order valence-corrected chi connectivity index (χ4v) is 1.78. The predicted molar refractivity (Wildman–Crippen MR) is 71.3 cm³/mol. The Balaban J connectivity index is 2.93. The molecular formula is C11H12ClF3N2S. The van der Waals surface area contributed by atoms with Crippen LogP contribution in [0.2, 0.25) is 5.02 Å². The van der Waals surface area contributed by atoms with E-state index in [4.69, 9.17) is 29.6 Å². The number of rotatable bonds is 4. The molecule has 0 bridgehead atoms. The van der Waals surface area contributed by atoms with Gasteiger partial charge in [0, 0.05) is 29.9 Å². The van der Waals surface area contributed by atoms with Crippen molar-refractivity contribution >= 4 is 34.5 Å². The molecule has 0 aromatic heterocycles. The lowest BCUT2D eigenvalue weighted by molar-refractivity contribution is -0.132. The molecule has 1 aromatic carbocycles. The first kappa shape index (κ1) is 15.0. The number of hydrogen-bond acceptors (Lipinski definition) is 2. The summed E-state index contributed by atoms with van der Waals surface area (Å²) in [6.45, 7) is -0.181. The van der Waals surface area contributed by atoms with Crippen molar-refractivity contribution in [1.29, 1.82) is 0 Å². The molecule has 0 atom stereocenters. The van der Waals surface area contributed by atoms with Crippen molar-refractivity contribution in [3.05, 3.63) is 28.8 Å². The molecule has 0 heterocycles. The van der Waals surface area contributed by atoms with Crippen LogP contribution in [0.4, 0.5) is 18.9 Å². The van der Waals surface area contributed by atoms with Crippen LogP contribution in [0.3, 0.4) is 0 Å². The van der Waals surface area contributed by atoms with E-state index in [0.717, 1.165) is 0 Å². The highest BCUT2D eigenvalue weighted by atomic mass is 35.5. The standard InChI is InChI=1S/C11H12ClF3N2S/c1-17(5-4-11(13,14)15)9-6-7(12)2-3-8(9)10(16)18/h2-3,6H,4-5H2,1H3,(H2,16,18). The highest BCUT2D eigenvalue weighted by molar-refractivity contribution is 7.80. The Morgan fingerprint density at radius 3 is 2.56 bits per heavy atom. The van der Waals surface area contributed by atoms with Crippen molar-refractivity contribution in [1.82, 2.24) is 0 Å². The molecule has 0 aliphatic heterocycles. The smallest absolute Gasteiger partial charge is 0.389 e. The third-order valence-electron chi connectivity index (χ3n) is 2.37. The van der Waals surface area contributed by atoms with E-state index < -0.39 is 12.6 Å². The third-order valence-corrected chi connectivity index (χ3v) is 2.82. The van der Waals surface area contributed by atoms with Gasteiger partial charge in [-0.15, -0.1) is 0 Å². The summed E-state index contributed by atoms with van der Waals surface area (Å²) in [6.07, 6.45) is -5.11. The number of thiocarbonyl (C=S) groups is 1. The van der Waals surface area contributed by atoms with Crippen LogP contribution in [0.1, 0.15) is 12.0 Å². The van der Waals surface area contributed by atoms with Gasteiger partial charge in [-0.25, -0.2) is 0 Å². The quantitative estimate of drug-likeness (QED) is 0.864. The van der Waals surface area contributed by atoms with E-state index in [-0.39, 0.29) is 11.5 Å². The summed E-state index contributed by atoms with van der Waals surface area (Å²) in [5, 5.41) is 0.420. The topological polar surface area (TPSA) is 29.3 Å². The second kappa shape index (κ2) is 5.75. The van der Waals surface area contributed by atoms with E-state index in [0.29, 0.717) is 16.3 Å². The normalized spacial score (nSPS) is 11.4. The van der Waals surface area contributed by atoms with Crippen molar-refractivity contribution < 1.29 is 13.2 Å². The van der Waals surface area contributed by atoms with Gasteiger partial charge in [-0.05, 0) is 18.2 Å². The Morgan fingerprint density at radius 2 is 2.06 bits per heavy atom. The second-order valence-electron chi connectivity index (χ2n) is 3.81. The van der Waals surface area contributed by atoms with E-state index >= 15 is 0 Å². The number of anilines is 1. The summed E-state index contributed by atoms with van der Waals surface area (Å²) in [7, 11) is 1.54. The van der Waals surface area contributed by atoms with E-state index in [2.05, 4.69) is 0 Å². The van der Waals surface area contributed by atoms with Gasteiger partial charge in [-0.2, -0.15) is 13.2 Å². The Morgan fingerprint density at radius 1 is 1.44 bits per heavy atom. The molecule has 2 N–H and O–H groups in total. The Kier molecular flexibility index (Phi) is 4.81. The van der Waals surface area contributed by atoms with E-state index in [1.807, 2.05) is 0 Å². The summed E-state index contributed by atoms with van der Waals surface area (Å²) >= 11 is 10.7. The number of nitrogens with zero attached hydrogens (tertiary/aromatic N) is 1. The first-order valence-electron chi connectivity index (χ1n) is 5.08. The van der Waals surface area contributed by atoms with E-state index in [1.54, 1.807) is 25.2 Å². The SMILES string of the molecule is CN(CCC(F)(F)F)c1cc(Cl)ccc1C(N)=S. The first-order valence-corrected chi connectivity index (χ1v) is 5.86. The monoisotopic (exact) mass is 296 g/mol. The molecule has 100 valence electrons. The summed E-state index contributed by atoms with van der Waals surface area (Å²) in [5.74, 6) is 0.